The number of carbonyl (C=O) groups excluding carboxylic acids is 3. The Hall–Kier alpha value is -2.57. The van der Waals surface area contributed by atoms with Crippen molar-refractivity contribution in [2.24, 2.45) is 5.73 Å². The molecule has 0 saturated heterocycles. The van der Waals surface area contributed by atoms with Crippen LogP contribution in [0.15, 0.2) is 18.2 Å². The fourth-order valence-corrected chi connectivity index (χ4v) is 1.31. The molecule has 0 aliphatic rings. The molecule has 1 rings (SSSR count). The number of primary amides is 1. The molecule has 102 valence electrons. The van der Waals surface area contributed by atoms with E-state index in [-0.39, 0.29) is 23.4 Å². The minimum Gasteiger partial charge on any atom is -0.494 e. The highest BCUT2D eigenvalue weighted by molar-refractivity contribution is 6.33. The Balaban J connectivity index is 2.96. The van der Waals surface area contributed by atoms with E-state index in [1.165, 1.54) is 20.1 Å². The molecule has 0 aromatic heterocycles. The Kier molecular flexibility index (Phi) is 4.87. The first-order valence-electron chi connectivity index (χ1n) is 5.48. The topological polar surface area (TPSA) is 108 Å². The highest BCUT2D eigenvalue weighted by Crippen LogP contribution is 2.28. The summed E-state index contributed by atoms with van der Waals surface area (Å²) in [4.78, 5) is 38.1. The van der Waals surface area contributed by atoms with Gasteiger partial charge in [0, 0.05) is 6.42 Å². The molecule has 0 bridgehead atoms. The van der Waals surface area contributed by atoms with Gasteiger partial charge in [0.25, 0.3) is 5.91 Å². The van der Waals surface area contributed by atoms with Gasteiger partial charge in [-0.25, -0.2) is 10.3 Å². The number of hydrogen-bond donors (Lipinski definition) is 2. The van der Waals surface area contributed by atoms with Gasteiger partial charge in [-0.05, 0) is 12.1 Å². The predicted molar refractivity (Wildman–Crippen MR) is 66.5 cm³/mol. The van der Waals surface area contributed by atoms with E-state index >= 15 is 0 Å². The largest absolute Gasteiger partial charge is 0.494 e. The zero-order valence-electron chi connectivity index (χ0n) is 10.6. The Bertz CT molecular complexity index is 513. The normalized spacial score (nSPS) is 9.58. The van der Waals surface area contributed by atoms with Gasteiger partial charge in [0.1, 0.15) is 11.4 Å². The van der Waals surface area contributed by atoms with Crippen LogP contribution in [0.25, 0.3) is 0 Å². The van der Waals surface area contributed by atoms with Crippen LogP contribution in [-0.2, 0) is 14.4 Å². The van der Waals surface area contributed by atoms with Crippen molar-refractivity contribution in [3.8, 4) is 5.75 Å². The third-order valence-corrected chi connectivity index (χ3v) is 2.31. The highest BCUT2D eigenvalue weighted by Gasteiger charge is 2.17. The monoisotopic (exact) mass is 266 g/mol. The molecule has 0 saturated carbocycles. The highest BCUT2D eigenvalue weighted by atomic mass is 16.7. The summed E-state index contributed by atoms with van der Waals surface area (Å²) in [6.45, 7) is 1.53. The number of amides is 1. The lowest BCUT2D eigenvalue weighted by molar-refractivity contribution is -0.151. The third kappa shape index (κ3) is 3.44. The van der Waals surface area contributed by atoms with Crippen molar-refractivity contribution in [1.29, 1.82) is 0 Å². The maximum absolute atomic E-state index is 11.2. The van der Waals surface area contributed by atoms with Gasteiger partial charge in [0.05, 0.1) is 12.7 Å². The minimum absolute atomic E-state index is 0.0229. The molecular formula is C12H14N2O5. The summed E-state index contributed by atoms with van der Waals surface area (Å²) in [6, 6.07) is 4.54. The number of anilines is 1. The zero-order chi connectivity index (χ0) is 14.4. The molecule has 0 unspecified atom stereocenters. The average molecular weight is 266 g/mol. The van der Waals surface area contributed by atoms with Crippen molar-refractivity contribution in [1.82, 2.24) is 0 Å². The van der Waals surface area contributed by atoms with E-state index in [4.69, 9.17) is 10.5 Å². The molecule has 0 radical (unpaired) electrons. The van der Waals surface area contributed by atoms with Gasteiger partial charge < -0.3 is 15.3 Å². The average Bonchev–Trinajstić information content (AvgIpc) is 2.42. The Morgan fingerprint density at radius 1 is 1.32 bits per heavy atom. The van der Waals surface area contributed by atoms with Gasteiger partial charge >= 0.3 is 5.97 Å². The fourth-order valence-electron chi connectivity index (χ4n) is 1.31. The van der Waals surface area contributed by atoms with Gasteiger partial charge in [-0.15, -0.1) is 0 Å². The predicted octanol–water partition coefficient (Wildman–Crippen LogP) is 0.643. The second kappa shape index (κ2) is 6.39. The van der Waals surface area contributed by atoms with Crippen molar-refractivity contribution in [2.75, 3.05) is 12.6 Å². The minimum atomic E-state index is -1.05. The van der Waals surface area contributed by atoms with Gasteiger partial charge in [-0.2, -0.15) is 0 Å². The summed E-state index contributed by atoms with van der Waals surface area (Å²) < 4.78 is 5.01. The van der Waals surface area contributed by atoms with Crippen LogP contribution >= 0.6 is 0 Å². The number of nitrogens with one attached hydrogen (secondary N) is 1. The molecule has 7 nitrogen and oxygen atoms in total. The first-order valence-corrected chi connectivity index (χ1v) is 5.48. The number of para-hydroxylation sites is 1. The van der Waals surface area contributed by atoms with E-state index in [1.807, 2.05) is 0 Å². The van der Waals surface area contributed by atoms with E-state index in [0.717, 1.165) is 0 Å². The number of methoxy groups -OCH3 is 1. The Labute approximate surface area is 109 Å². The number of Topliss-reactive ketones (excluding diaryl/α,β-unsaturated/α-hetero) is 1. The molecule has 0 fully saturated rings. The molecular weight excluding hydrogens is 252 g/mol. The van der Waals surface area contributed by atoms with Gasteiger partial charge in [0.2, 0.25) is 5.78 Å². The quantitative estimate of drug-likeness (QED) is 0.578. The maximum atomic E-state index is 11.2. The van der Waals surface area contributed by atoms with Crippen molar-refractivity contribution in [2.45, 2.75) is 13.3 Å². The van der Waals surface area contributed by atoms with Gasteiger partial charge in [-0.1, -0.05) is 13.0 Å². The van der Waals surface area contributed by atoms with Crippen LogP contribution in [0.2, 0.25) is 0 Å². The van der Waals surface area contributed by atoms with Crippen LogP contribution in [0.3, 0.4) is 0 Å². The molecule has 0 atom stereocenters. The molecule has 0 aliphatic carbocycles. The summed E-state index contributed by atoms with van der Waals surface area (Å²) in [5, 5.41) is 0. The van der Waals surface area contributed by atoms with Crippen LogP contribution in [0.1, 0.15) is 23.7 Å². The number of hydrogen-bond acceptors (Lipinski definition) is 6. The van der Waals surface area contributed by atoms with E-state index in [1.54, 1.807) is 12.1 Å². The molecule has 0 aliphatic heterocycles. The van der Waals surface area contributed by atoms with Crippen molar-refractivity contribution in [3.63, 3.8) is 0 Å². The lowest BCUT2D eigenvalue weighted by Gasteiger charge is -2.13. The Morgan fingerprint density at radius 3 is 2.53 bits per heavy atom. The molecule has 7 heteroatoms. The zero-order valence-corrected chi connectivity index (χ0v) is 10.6. The lowest BCUT2D eigenvalue weighted by atomic mass is 10.1. The molecule has 3 N–H and O–H groups in total. The first-order chi connectivity index (χ1) is 9.01. The second-order valence-corrected chi connectivity index (χ2v) is 3.52. The number of rotatable bonds is 6. The van der Waals surface area contributed by atoms with Crippen LogP contribution in [0.5, 0.6) is 5.75 Å². The van der Waals surface area contributed by atoms with Crippen LogP contribution in [-0.4, -0.2) is 24.8 Å². The van der Waals surface area contributed by atoms with Gasteiger partial charge in [0.15, 0.2) is 0 Å². The summed E-state index contributed by atoms with van der Waals surface area (Å²) in [6.07, 6.45) is 0.0229. The molecule has 0 spiro atoms. The van der Waals surface area contributed by atoms with Crippen molar-refractivity contribution in [3.05, 3.63) is 23.8 Å². The smallest absolute Gasteiger partial charge is 0.398 e. The van der Waals surface area contributed by atoms with Crippen LogP contribution < -0.4 is 16.0 Å². The summed E-state index contributed by atoms with van der Waals surface area (Å²) in [7, 11) is 1.38. The number of carbonyl (C=O) groups is 3. The number of ketones is 1. The maximum Gasteiger partial charge on any atom is 0.398 e. The standard InChI is InChI=1S/C12H14N2O5/c1-3-8(15)12(17)19-14-10-7(11(13)16)5-4-6-9(10)18-2/h4-6,14H,3H2,1-2H3,(H2,13,16). The van der Waals surface area contributed by atoms with E-state index < -0.39 is 17.7 Å². The summed E-state index contributed by atoms with van der Waals surface area (Å²) in [5.74, 6) is -2.21. The first kappa shape index (κ1) is 14.5. The van der Waals surface area contributed by atoms with E-state index in [9.17, 15) is 14.4 Å². The SMILES string of the molecule is CCC(=O)C(=O)ONc1c(OC)cccc1C(N)=O. The summed E-state index contributed by atoms with van der Waals surface area (Å²) >= 11 is 0. The number of benzene rings is 1. The Morgan fingerprint density at radius 2 is 2.00 bits per heavy atom. The van der Waals surface area contributed by atoms with Crippen molar-refractivity contribution < 1.29 is 24.0 Å². The van der Waals surface area contributed by atoms with E-state index in [2.05, 4.69) is 10.3 Å². The van der Waals surface area contributed by atoms with E-state index in [0.29, 0.717) is 0 Å². The molecule has 1 aromatic rings. The number of ether oxygens (including phenoxy) is 1. The molecule has 0 heterocycles. The fraction of sp³-hybridized carbons (Fsp3) is 0.250. The van der Waals surface area contributed by atoms with Crippen LogP contribution in [0, 0.1) is 0 Å². The second-order valence-electron chi connectivity index (χ2n) is 3.52. The molecule has 1 amide bonds. The van der Waals surface area contributed by atoms with Crippen LogP contribution in [0.4, 0.5) is 5.69 Å². The van der Waals surface area contributed by atoms with Gasteiger partial charge in [-0.3, -0.25) is 9.59 Å². The number of nitrogens with two attached hydrogens (primary N) is 1. The third-order valence-electron chi connectivity index (χ3n) is 2.31. The summed E-state index contributed by atoms with van der Waals surface area (Å²) in [5.41, 5.74) is 7.59. The molecule has 1 aromatic carbocycles. The lowest BCUT2D eigenvalue weighted by Crippen LogP contribution is -2.22. The molecule has 19 heavy (non-hydrogen) atoms. The van der Waals surface area contributed by atoms with Crippen molar-refractivity contribution >= 4 is 23.3 Å².